The minimum Gasteiger partial charge on any atom is -0.494 e. The van der Waals surface area contributed by atoms with E-state index in [2.05, 4.69) is 53.1 Å². The third kappa shape index (κ3) is 4.35. The molecule has 1 atom stereocenters. The highest BCUT2D eigenvalue weighted by molar-refractivity contribution is 5.80. The number of rotatable bonds is 5. The van der Waals surface area contributed by atoms with E-state index < -0.39 is 0 Å². The number of pyridine rings is 1. The Labute approximate surface area is 182 Å². The van der Waals surface area contributed by atoms with Gasteiger partial charge in [-0.05, 0) is 94.2 Å². The van der Waals surface area contributed by atoms with E-state index >= 15 is 0 Å². The molecule has 0 radical (unpaired) electrons. The minimum absolute atomic E-state index is 0.108. The fourth-order valence-electron chi connectivity index (χ4n) is 4.29. The summed E-state index contributed by atoms with van der Waals surface area (Å²) in [6.45, 7) is 12.9. The van der Waals surface area contributed by atoms with Gasteiger partial charge < -0.3 is 9.72 Å². The quantitative estimate of drug-likeness (QED) is 0.674. The van der Waals surface area contributed by atoms with Crippen LogP contribution in [0.25, 0.3) is 10.9 Å². The summed E-state index contributed by atoms with van der Waals surface area (Å²) in [5, 5.41) is 13.6. The first-order chi connectivity index (χ1) is 14.8. The Bertz CT molecular complexity index is 1110. The molecule has 8 nitrogen and oxygen atoms in total. The smallest absolute Gasteiger partial charge is 0.253 e. The number of likely N-dealkylation sites (tertiary alicyclic amines) is 1. The van der Waals surface area contributed by atoms with Gasteiger partial charge in [0.25, 0.3) is 5.56 Å². The summed E-state index contributed by atoms with van der Waals surface area (Å²) in [6, 6.07) is 7.40. The summed E-state index contributed by atoms with van der Waals surface area (Å²) in [6.07, 6.45) is 2.18. The van der Waals surface area contributed by atoms with Crippen LogP contribution in [0.2, 0.25) is 0 Å². The molecule has 1 aliphatic heterocycles. The van der Waals surface area contributed by atoms with Crippen LogP contribution in [0.3, 0.4) is 0 Å². The number of nitrogens with one attached hydrogen (secondary N) is 1. The molecular weight excluding hydrogens is 392 g/mol. The predicted octanol–water partition coefficient (Wildman–Crippen LogP) is 3.49. The molecule has 0 bridgehead atoms. The maximum Gasteiger partial charge on any atom is 0.253 e. The van der Waals surface area contributed by atoms with Crippen LogP contribution in [0.1, 0.15) is 64.9 Å². The lowest BCUT2D eigenvalue weighted by Gasteiger charge is -2.36. The molecule has 1 aliphatic rings. The van der Waals surface area contributed by atoms with Gasteiger partial charge >= 0.3 is 0 Å². The number of aromatic amines is 1. The zero-order chi connectivity index (χ0) is 22.2. The molecule has 3 aromatic rings. The van der Waals surface area contributed by atoms with E-state index in [0.717, 1.165) is 42.6 Å². The van der Waals surface area contributed by atoms with Crippen molar-refractivity contribution in [2.75, 3.05) is 19.7 Å². The van der Waals surface area contributed by atoms with Crippen molar-refractivity contribution in [1.82, 2.24) is 30.1 Å². The minimum atomic E-state index is -0.314. The summed E-state index contributed by atoms with van der Waals surface area (Å²) < 4.78 is 7.51. The highest BCUT2D eigenvalue weighted by atomic mass is 16.5. The van der Waals surface area contributed by atoms with Crippen molar-refractivity contribution in [3.05, 3.63) is 46.0 Å². The number of hydrogen-bond donors (Lipinski definition) is 1. The largest absolute Gasteiger partial charge is 0.494 e. The Morgan fingerprint density at radius 1 is 1.23 bits per heavy atom. The molecule has 0 spiro atoms. The van der Waals surface area contributed by atoms with Gasteiger partial charge in [0.15, 0.2) is 5.82 Å². The van der Waals surface area contributed by atoms with Crippen LogP contribution in [0.4, 0.5) is 0 Å². The lowest BCUT2D eigenvalue weighted by Crippen LogP contribution is -2.41. The number of tetrazole rings is 1. The van der Waals surface area contributed by atoms with Crippen molar-refractivity contribution >= 4 is 10.9 Å². The van der Waals surface area contributed by atoms with Crippen LogP contribution in [0.15, 0.2) is 29.1 Å². The number of benzene rings is 1. The first kappa shape index (κ1) is 21.5. The molecule has 0 amide bonds. The monoisotopic (exact) mass is 424 g/mol. The molecule has 166 valence electrons. The van der Waals surface area contributed by atoms with Crippen molar-refractivity contribution in [3.63, 3.8) is 0 Å². The zero-order valence-corrected chi connectivity index (χ0v) is 19.1. The molecule has 1 saturated heterocycles. The fourth-order valence-corrected chi connectivity index (χ4v) is 4.29. The number of aromatic nitrogens is 5. The van der Waals surface area contributed by atoms with E-state index in [1.165, 1.54) is 0 Å². The Balaban J connectivity index is 1.87. The summed E-state index contributed by atoms with van der Waals surface area (Å²) in [5.41, 5.74) is 1.05. The highest BCUT2D eigenvalue weighted by Crippen LogP contribution is 2.32. The van der Waals surface area contributed by atoms with Crippen molar-refractivity contribution < 1.29 is 4.74 Å². The summed E-state index contributed by atoms with van der Waals surface area (Å²) in [5.74, 6) is 2.17. The van der Waals surface area contributed by atoms with Gasteiger partial charge in [0.2, 0.25) is 0 Å². The Morgan fingerprint density at radius 3 is 2.65 bits per heavy atom. The molecule has 0 aliphatic carbocycles. The van der Waals surface area contributed by atoms with Crippen molar-refractivity contribution in [2.45, 2.75) is 59.0 Å². The molecular formula is C23H32N6O2. The fraction of sp³-hybridized carbons (Fsp3) is 0.565. The first-order valence-corrected chi connectivity index (χ1v) is 11.1. The summed E-state index contributed by atoms with van der Waals surface area (Å²) in [4.78, 5) is 18.7. The summed E-state index contributed by atoms with van der Waals surface area (Å²) in [7, 11) is 0. The van der Waals surface area contributed by atoms with E-state index in [4.69, 9.17) is 4.74 Å². The number of hydrogen-bond acceptors (Lipinski definition) is 6. The van der Waals surface area contributed by atoms with Gasteiger partial charge in [0.1, 0.15) is 11.8 Å². The van der Waals surface area contributed by atoms with Gasteiger partial charge in [-0.1, -0.05) is 6.92 Å². The van der Waals surface area contributed by atoms with E-state index in [-0.39, 0.29) is 17.1 Å². The number of H-pyrrole nitrogens is 1. The lowest BCUT2D eigenvalue weighted by molar-refractivity contribution is 0.144. The molecule has 1 unspecified atom stereocenters. The molecule has 1 N–H and O–H groups in total. The van der Waals surface area contributed by atoms with E-state index in [1.807, 2.05) is 35.9 Å². The predicted molar refractivity (Wildman–Crippen MR) is 120 cm³/mol. The molecule has 1 aromatic carbocycles. The van der Waals surface area contributed by atoms with E-state index in [9.17, 15) is 4.79 Å². The van der Waals surface area contributed by atoms with Crippen molar-refractivity contribution in [2.24, 2.45) is 5.92 Å². The van der Waals surface area contributed by atoms with E-state index in [1.54, 1.807) is 0 Å². The molecule has 8 heteroatoms. The average Bonchev–Trinajstić information content (AvgIpc) is 3.20. The molecule has 31 heavy (non-hydrogen) atoms. The molecule has 4 rings (SSSR count). The maximum atomic E-state index is 13.3. The van der Waals surface area contributed by atoms with Gasteiger partial charge in [-0.2, -0.15) is 0 Å². The highest BCUT2D eigenvalue weighted by Gasteiger charge is 2.34. The normalized spacial score (nSPS) is 17.2. The SMILES string of the molecule is CCOc1ccc2[nH]c(=O)c(C(c3nnnn3C(C)(C)C)N3CCC(C)CC3)cc2c1. The van der Waals surface area contributed by atoms with Gasteiger partial charge in [-0.3, -0.25) is 9.69 Å². The zero-order valence-electron chi connectivity index (χ0n) is 19.1. The second-order valence-corrected chi connectivity index (χ2v) is 9.48. The van der Waals surface area contributed by atoms with Crippen LogP contribution < -0.4 is 10.3 Å². The second kappa shape index (κ2) is 8.42. The van der Waals surface area contributed by atoms with Gasteiger partial charge in [0, 0.05) is 16.5 Å². The van der Waals surface area contributed by atoms with Crippen LogP contribution in [-0.2, 0) is 5.54 Å². The number of nitrogens with zero attached hydrogens (tertiary/aromatic N) is 5. The molecule has 1 fully saturated rings. The molecule has 2 aromatic heterocycles. The summed E-state index contributed by atoms with van der Waals surface area (Å²) >= 11 is 0. The van der Waals surface area contributed by atoms with Crippen LogP contribution in [0, 0.1) is 5.92 Å². The topological polar surface area (TPSA) is 88.9 Å². The Hall–Kier alpha value is -2.74. The van der Waals surface area contributed by atoms with Crippen molar-refractivity contribution in [3.8, 4) is 5.75 Å². The lowest BCUT2D eigenvalue weighted by atomic mass is 9.95. The van der Waals surface area contributed by atoms with Gasteiger partial charge in [-0.25, -0.2) is 4.68 Å². The molecule has 3 heterocycles. The number of piperidine rings is 1. The standard InChI is InChI=1S/C23H32N6O2/c1-6-31-17-7-8-19-16(13-17)14-18(22(30)24-19)20(28-11-9-15(2)10-12-28)21-25-26-27-29(21)23(3,4)5/h7-8,13-15,20H,6,9-12H2,1-5H3,(H,24,30). The second-order valence-electron chi connectivity index (χ2n) is 9.48. The third-order valence-corrected chi connectivity index (χ3v) is 6.01. The van der Waals surface area contributed by atoms with Crippen LogP contribution in [0.5, 0.6) is 5.75 Å². The average molecular weight is 425 g/mol. The van der Waals surface area contributed by atoms with Gasteiger partial charge in [0.05, 0.1) is 12.1 Å². The van der Waals surface area contributed by atoms with Crippen LogP contribution >= 0.6 is 0 Å². The molecule has 0 saturated carbocycles. The van der Waals surface area contributed by atoms with Crippen molar-refractivity contribution in [1.29, 1.82) is 0 Å². The number of ether oxygens (including phenoxy) is 1. The Kier molecular flexibility index (Phi) is 5.83. The van der Waals surface area contributed by atoms with E-state index in [0.29, 0.717) is 23.9 Å². The maximum absolute atomic E-state index is 13.3. The Morgan fingerprint density at radius 2 is 1.97 bits per heavy atom. The first-order valence-electron chi connectivity index (χ1n) is 11.1. The number of fused-ring (bicyclic) bond motifs is 1. The van der Waals surface area contributed by atoms with Gasteiger partial charge in [-0.15, -0.1) is 5.10 Å². The van der Waals surface area contributed by atoms with Crippen LogP contribution in [-0.4, -0.2) is 49.8 Å². The third-order valence-electron chi connectivity index (χ3n) is 6.01.